The molecule has 6 aromatic carbocycles. The van der Waals surface area contributed by atoms with E-state index in [1.165, 1.54) is 18.2 Å². The topological polar surface area (TPSA) is 350 Å². The summed E-state index contributed by atoms with van der Waals surface area (Å²) in [4.78, 5) is 48.4. The van der Waals surface area contributed by atoms with Crippen molar-refractivity contribution in [2.75, 3.05) is 0 Å². The van der Waals surface area contributed by atoms with Gasteiger partial charge in [0.25, 0.3) is 0 Å². The lowest BCUT2D eigenvalue weighted by molar-refractivity contribution is 0.0205. The van der Waals surface area contributed by atoms with E-state index in [2.05, 4.69) is 0 Å². The van der Waals surface area contributed by atoms with Crippen molar-refractivity contribution in [3.63, 3.8) is 0 Å². The molecule has 2 aliphatic heterocycles. The van der Waals surface area contributed by atoms with E-state index in [1.807, 2.05) is 0 Å². The summed E-state index contributed by atoms with van der Waals surface area (Å²) in [6.45, 7) is 1.78. The average molecular weight is 855 g/mol. The number of carboxylic acids is 2. The average Bonchev–Trinajstić information content (AvgIpc) is 3.42. The first-order chi connectivity index (χ1) is 29.2. The number of rotatable bonds is 4. The van der Waals surface area contributed by atoms with Crippen molar-refractivity contribution in [3.8, 4) is 69.0 Å². The Bertz CT molecular complexity index is 2830. The predicted molar refractivity (Wildman–Crippen MR) is 213 cm³/mol. The van der Waals surface area contributed by atoms with E-state index in [0.29, 0.717) is 18.1 Å². The molecule has 0 amide bonds. The van der Waals surface area contributed by atoms with Crippen LogP contribution in [0.25, 0.3) is 21.5 Å². The van der Waals surface area contributed by atoms with Crippen LogP contribution in [0.1, 0.15) is 62.1 Å². The number of aromatic carboxylic acids is 2. The molecule has 0 fully saturated rings. The molecule has 62 heavy (non-hydrogen) atoms. The van der Waals surface area contributed by atoms with Gasteiger partial charge in [0.15, 0.2) is 40.6 Å². The molecule has 13 N–H and O–H groups in total. The van der Waals surface area contributed by atoms with Crippen LogP contribution in [0.3, 0.4) is 0 Å². The molecule has 2 aliphatic rings. The van der Waals surface area contributed by atoms with E-state index >= 15 is 0 Å². The number of aromatic hydroxyl groups is 10. The molecule has 0 aromatic heterocycles. The molecule has 4 atom stereocenters. The summed E-state index contributed by atoms with van der Waals surface area (Å²) >= 11 is 0. The van der Waals surface area contributed by atoms with Crippen LogP contribution in [-0.4, -0.2) is 84.4 Å². The van der Waals surface area contributed by atoms with E-state index < -0.39 is 97.5 Å². The van der Waals surface area contributed by atoms with Crippen LogP contribution in [0.4, 0.5) is 0 Å². The molecule has 0 aliphatic carbocycles. The Kier molecular flexibility index (Phi) is 10.4. The second-order valence-electron chi connectivity index (χ2n) is 14.7. The maximum atomic E-state index is 12.7. The van der Waals surface area contributed by atoms with Crippen molar-refractivity contribution < 1.29 is 85.4 Å². The smallest absolute Gasteiger partial charge is 0.335 e. The van der Waals surface area contributed by atoms with Crippen molar-refractivity contribution in [1.82, 2.24) is 0 Å². The number of carboxylic acid groups (broad SMARTS) is 2. The molecule has 6 aromatic rings. The van der Waals surface area contributed by atoms with Crippen LogP contribution >= 0.6 is 0 Å². The number of carbonyl (C=O) groups is 2. The third-order valence-corrected chi connectivity index (χ3v) is 10.6. The van der Waals surface area contributed by atoms with Gasteiger partial charge in [0, 0.05) is 58.9 Å². The zero-order valence-electron chi connectivity index (χ0n) is 31.8. The van der Waals surface area contributed by atoms with Gasteiger partial charge in [0.2, 0.25) is 10.9 Å². The third-order valence-electron chi connectivity index (χ3n) is 10.6. The summed E-state index contributed by atoms with van der Waals surface area (Å²) < 4.78 is 11.7. The molecular formula is C43H34O19. The zero-order chi connectivity index (χ0) is 45.2. The maximum Gasteiger partial charge on any atom is 0.335 e. The van der Waals surface area contributed by atoms with Gasteiger partial charge < -0.3 is 75.9 Å². The number of aliphatic hydroxyl groups excluding tert-OH is 1. The normalized spacial score (nSPS) is 17.7. The number of fused-ring (bicyclic) bond motifs is 4. The lowest BCUT2D eigenvalue weighted by Crippen LogP contribution is -2.30. The SMILES string of the molecule is C[C@@H]1Cc2c(O)cc(O)cc2O[C@@H]1c1cc(O)c(O)c2c(=O)c(O)cc(C(=O)O)cc12.O=C(O)c1cc(O)c(=O)c2c(O)c(O)cc([C@H]3Oc4cc(O)cc(O)c4C[C@@H]3O)c2c1. The van der Waals surface area contributed by atoms with Gasteiger partial charge in [0.1, 0.15) is 40.6 Å². The van der Waals surface area contributed by atoms with Gasteiger partial charge in [-0.3, -0.25) is 9.59 Å². The van der Waals surface area contributed by atoms with Gasteiger partial charge in [-0.1, -0.05) is 6.92 Å². The Balaban J connectivity index is 0.000000186. The van der Waals surface area contributed by atoms with Crippen molar-refractivity contribution in [2.24, 2.45) is 5.92 Å². The molecule has 0 spiro atoms. The Morgan fingerprint density at radius 1 is 0.516 bits per heavy atom. The van der Waals surface area contributed by atoms with Crippen molar-refractivity contribution in [3.05, 3.63) is 114 Å². The summed E-state index contributed by atoms with van der Waals surface area (Å²) in [7, 11) is 0. The van der Waals surface area contributed by atoms with E-state index in [-0.39, 0.29) is 74.3 Å². The third kappa shape index (κ3) is 7.21. The number of ether oxygens (including phenoxy) is 2. The first-order valence-corrected chi connectivity index (χ1v) is 18.3. The molecule has 0 radical (unpaired) electrons. The Hall–Kier alpha value is -8.32. The molecule has 8 rings (SSSR count). The number of hydrogen-bond acceptors (Lipinski definition) is 17. The minimum atomic E-state index is -1.48. The number of benzene rings is 4. The highest BCUT2D eigenvalue weighted by Crippen LogP contribution is 2.48. The highest BCUT2D eigenvalue weighted by Gasteiger charge is 2.36. The van der Waals surface area contributed by atoms with E-state index in [4.69, 9.17) is 9.47 Å². The van der Waals surface area contributed by atoms with Crippen molar-refractivity contribution in [1.29, 1.82) is 0 Å². The standard InChI is InChI=1S/C22H18O9.C21H16O10/c1-8-2-13-14(24)5-10(23)6-17(13)31-21(8)12-7-16(26)20(28)18-11(12)3-9(22(29)30)4-15(25)19(18)27;22-8-3-12(23)11-6-15(26)20(31-16(11)4-8)10-5-14(25)19(28)17-9(10)1-7(21(29)30)2-13(24)18(17)27/h3-8,21,23-24,26,28H,2H2,1H3,(H,25,27)(H,29,30);1-5,15,20,22-23,25-26,28H,6H2,(H,24,27)(H,29,30)/t8-,21+;15-,20+/m10/s1. The van der Waals surface area contributed by atoms with Gasteiger partial charge in [-0.15, -0.1) is 0 Å². The van der Waals surface area contributed by atoms with Gasteiger partial charge >= 0.3 is 11.9 Å². The fourth-order valence-corrected chi connectivity index (χ4v) is 7.66. The first-order valence-electron chi connectivity index (χ1n) is 18.3. The quantitative estimate of drug-likeness (QED) is 0.110. The van der Waals surface area contributed by atoms with Gasteiger partial charge in [-0.05, 0) is 53.6 Å². The molecule has 19 heteroatoms. The summed E-state index contributed by atoms with van der Waals surface area (Å²) in [6.07, 6.45) is -3.26. The van der Waals surface area contributed by atoms with Crippen LogP contribution < -0.4 is 20.3 Å². The fourth-order valence-electron chi connectivity index (χ4n) is 7.66. The molecule has 0 saturated heterocycles. The Morgan fingerprint density at radius 2 is 0.919 bits per heavy atom. The molecule has 320 valence electrons. The second-order valence-corrected chi connectivity index (χ2v) is 14.7. The molecule has 0 bridgehead atoms. The maximum absolute atomic E-state index is 12.7. The predicted octanol–water partition coefficient (Wildman–Crippen LogP) is 4.20. The number of hydrogen-bond donors (Lipinski definition) is 13. The van der Waals surface area contributed by atoms with Crippen LogP contribution in [0, 0.1) is 5.92 Å². The van der Waals surface area contributed by atoms with Crippen LogP contribution in [0.2, 0.25) is 0 Å². The zero-order valence-corrected chi connectivity index (χ0v) is 31.8. The highest BCUT2D eigenvalue weighted by molar-refractivity contribution is 6.00. The molecule has 19 nitrogen and oxygen atoms in total. The van der Waals surface area contributed by atoms with Crippen LogP contribution in [0.15, 0.2) is 70.3 Å². The highest BCUT2D eigenvalue weighted by atomic mass is 16.5. The second kappa shape index (κ2) is 15.4. The van der Waals surface area contributed by atoms with Crippen molar-refractivity contribution >= 4 is 33.5 Å². The number of phenolic OH excluding ortho intramolecular Hbond substituents is 8. The van der Waals surface area contributed by atoms with Crippen LogP contribution in [-0.2, 0) is 12.8 Å². The Morgan fingerprint density at radius 3 is 1.35 bits per heavy atom. The molecule has 0 saturated carbocycles. The summed E-state index contributed by atoms with van der Waals surface area (Å²) in [5.74, 6) is -8.96. The molecule has 2 heterocycles. The summed E-state index contributed by atoms with van der Waals surface area (Å²) in [5.41, 5.74) is -2.27. The van der Waals surface area contributed by atoms with Gasteiger partial charge in [-0.25, -0.2) is 9.59 Å². The number of phenols is 8. The summed E-state index contributed by atoms with van der Waals surface area (Å²) in [6, 6.07) is 10.5. The van der Waals surface area contributed by atoms with E-state index in [9.17, 15) is 85.6 Å². The lowest BCUT2D eigenvalue weighted by atomic mass is 9.86. The minimum Gasteiger partial charge on any atom is -0.508 e. The van der Waals surface area contributed by atoms with E-state index in [1.54, 1.807) is 6.92 Å². The first kappa shape index (κ1) is 41.8. The fraction of sp³-hybridized carbons (Fsp3) is 0.163. The van der Waals surface area contributed by atoms with E-state index in [0.717, 1.165) is 36.4 Å². The Labute approximate surface area is 345 Å². The largest absolute Gasteiger partial charge is 0.508 e. The van der Waals surface area contributed by atoms with Gasteiger partial charge in [-0.2, -0.15) is 0 Å². The molecule has 0 unspecified atom stereocenters. The van der Waals surface area contributed by atoms with Crippen molar-refractivity contribution in [2.45, 2.75) is 38.1 Å². The van der Waals surface area contributed by atoms with Gasteiger partial charge in [0.05, 0.1) is 28.0 Å². The lowest BCUT2D eigenvalue weighted by Gasteiger charge is -2.33. The minimum absolute atomic E-state index is 0.0253. The van der Waals surface area contributed by atoms with Crippen LogP contribution in [0.5, 0.6) is 69.0 Å². The molecular weight excluding hydrogens is 820 g/mol. The summed E-state index contributed by atoms with van der Waals surface area (Å²) in [5, 5.41) is 129. The number of aliphatic hydroxyl groups is 1. The monoisotopic (exact) mass is 854 g/mol.